The van der Waals surface area contributed by atoms with Gasteiger partial charge in [0.1, 0.15) is 5.75 Å². The highest BCUT2D eigenvalue weighted by Crippen LogP contribution is 2.33. The number of thiophene rings is 1. The third-order valence-electron chi connectivity index (χ3n) is 4.29. The molecule has 0 aliphatic carbocycles. The maximum atomic E-state index is 12.7. The van der Waals surface area contributed by atoms with Crippen molar-refractivity contribution in [3.63, 3.8) is 0 Å². The fourth-order valence-corrected chi connectivity index (χ4v) is 3.72. The van der Waals surface area contributed by atoms with Crippen LogP contribution in [0.2, 0.25) is 0 Å². The summed E-state index contributed by atoms with van der Waals surface area (Å²) >= 11 is 1.23. The fourth-order valence-electron chi connectivity index (χ4n) is 2.79. The number of ketones is 1. The Morgan fingerprint density at radius 1 is 1.00 bits per heavy atom. The monoisotopic (exact) mass is 402 g/mol. The molecule has 0 radical (unpaired) electrons. The van der Waals surface area contributed by atoms with Crippen molar-refractivity contribution >= 4 is 23.2 Å². The molecule has 0 fully saturated rings. The average Bonchev–Trinajstić information content (AvgIpc) is 3.13. The molecule has 144 valence electrons. The number of aromatic hydroxyl groups is 1. The van der Waals surface area contributed by atoms with Crippen LogP contribution in [0.15, 0.2) is 54.6 Å². The lowest BCUT2D eigenvalue weighted by molar-refractivity contribution is -0.137. The summed E-state index contributed by atoms with van der Waals surface area (Å²) in [5.41, 5.74) is 2.19. The lowest BCUT2D eigenvalue weighted by Crippen LogP contribution is -2.03. The number of hydrogen-bond donors (Lipinski definition) is 1. The number of phenols is 1. The molecule has 0 atom stereocenters. The van der Waals surface area contributed by atoms with Crippen LogP contribution in [-0.4, -0.2) is 10.9 Å². The molecule has 3 aromatic rings. The van der Waals surface area contributed by atoms with E-state index in [1.165, 1.54) is 29.5 Å². The third-order valence-corrected chi connectivity index (χ3v) is 5.44. The number of rotatable bonds is 4. The van der Waals surface area contributed by atoms with Crippen molar-refractivity contribution in [2.24, 2.45) is 0 Å². The summed E-state index contributed by atoms with van der Waals surface area (Å²) in [5, 5.41) is 9.81. The van der Waals surface area contributed by atoms with Crippen molar-refractivity contribution in [2.45, 2.75) is 20.0 Å². The van der Waals surface area contributed by atoms with Crippen LogP contribution in [0.25, 0.3) is 16.5 Å². The second-order valence-electron chi connectivity index (χ2n) is 6.44. The summed E-state index contributed by atoms with van der Waals surface area (Å²) in [6.45, 7) is 3.58. The molecule has 6 heteroatoms. The minimum Gasteiger partial charge on any atom is -0.507 e. The molecule has 1 heterocycles. The van der Waals surface area contributed by atoms with Gasteiger partial charge in [0.05, 0.1) is 10.4 Å². The summed E-state index contributed by atoms with van der Waals surface area (Å²) in [6.07, 6.45) is -1.24. The van der Waals surface area contributed by atoms with Crippen molar-refractivity contribution < 1.29 is 23.1 Å². The number of benzene rings is 2. The van der Waals surface area contributed by atoms with Gasteiger partial charge in [-0.1, -0.05) is 18.2 Å². The van der Waals surface area contributed by atoms with Crippen molar-refractivity contribution in [3.8, 4) is 16.2 Å². The second kappa shape index (κ2) is 7.64. The molecular formula is C22H17F3O2S. The maximum Gasteiger partial charge on any atom is 0.416 e. The van der Waals surface area contributed by atoms with E-state index in [1.807, 2.05) is 0 Å². The zero-order valence-electron chi connectivity index (χ0n) is 15.2. The van der Waals surface area contributed by atoms with Gasteiger partial charge in [0.15, 0.2) is 5.78 Å². The molecule has 1 aromatic heterocycles. The highest BCUT2D eigenvalue weighted by Gasteiger charge is 2.30. The number of aryl methyl sites for hydroxylation is 2. The number of alkyl halides is 3. The summed E-state index contributed by atoms with van der Waals surface area (Å²) in [5.74, 6) is 0.0504. The normalized spacial score (nSPS) is 11.9. The van der Waals surface area contributed by atoms with Gasteiger partial charge in [0, 0.05) is 4.88 Å². The predicted molar refractivity (Wildman–Crippen MR) is 106 cm³/mol. The summed E-state index contributed by atoms with van der Waals surface area (Å²) in [6, 6.07) is 11.8. The first-order valence-corrected chi connectivity index (χ1v) is 9.27. The number of phenolic OH excluding ortho intramolecular Hbond substituents is 1. The lowest BCUT2D eigenvalue weighted by atomic mass is 10.1. The van der Waals surface area contributed by atoms with Crippen LogP contribution in [0.4, 0.5) is 13.2 Å². The van der Waals surface area contributed by atoms with Crippen LogP contribution in [-0.2, 0) is 6.18 Å². The van der Waals surface area contributed by atoms with E-state index in [-0.39, 0.29) is 11.5 Å². The van der Waals surface area contributed by atoms with Gasteiger partial charge in [-0.3, -0.25) is 4.79 Å². The molecule has 2 nitrogen and oxygen atoms in total. The molecule has 1 N–H and O–H groups in total. The maximum absolute atomic E-state index is 12.7. The molecule has 0 saturated heterocycles. The number of halogens is 3. The Morgan fingerprint density at radius 2 is 1.61 bits per heavy atom. The van der Waals surface area contributed by atoms with Gasteiger partial charge in [0.2, 0.25) is 0 Å². The highest BCUT2D eigenvalue weighted by molar-refractivity contribution is 7.17. The van der Waals surface area contributed by atoms with E-state index in [0.717, 1.165) is 33.7 Å². The van der Waals surface area contributed by atoms with Crippen LogP contribution in [0.1, 0.15) is 31.9 Å². The van der Waals surface area contributed by atoms with Crippen molar-refractivity contribution in [1.82, 2.24) is 0 Å². The molecule has 3 rings (SSSR count). The number of allylic oxidation sites excluding steroid dienone is 1. The van der Waals surface area contributed by atoms with Gasteiger partial charge in [0.25, 0.3) is 0 Å². The first kappa shape index (κ1) is 19.9. The average molecular weight is 402 g/mol. The van der Waals surface area contributed by atoms with Gasteiger partial charge in [-0.15, -0.1) is 11.3 Å². The molecule has 28 heavy (non-hydrogen) atoms. The third kappa shape index (κ3) is 4.34. The van der Waals surface area contributed by atoms with Crippen molar-refractivity contribution in [2.75, 3.05) is 0 Å². The van der Waals surface area contributed by atoms with Crippen LogP contribution in [0, 0.1) is 13.8 Å². The van der Waals surface area contributed by atoms with Crippen LogP contribution in [0.3, 0.4) is 0 Å². The van der Waals surface area contributed by atoms with E-state index in [9.17, 15) is 23.1 Å². The number of hydrogen-bond acceptors (Lipinski definition) is 3. The van der Waals surface area contributed by atoms with E-state index in [0.29, 0.717) is 10.4 Å². The summed E-state index contributed by atoms with van der Waals surface area (Å²) in [7, 11) is 0. The van der Waals surface area contributed by atoms with E-state index >= 15 is 0 Å². The molecule has 0 bridgehead atoms. The second-order valence-corrected chi connectivity index (χ2v) is 7.52. The van der Waals surface area contributed by atoms with Crippen LogP contribution >= 0.6 is 11.3 Å². The molecular weight excluding hydrogens is 385 g/mol. The minimum absolute atomic E-state index is 0.188. The van der Waals surface area contributed by atoms with Gasteiger partial charge < -0.3 is 5.11 Å². The lowest BCUT2D eigenvalue weighted by Gasteiger charge is -2.06. The molecule has 2 aromatic carbocycles. The van der Waals surface area contributed by atoms with Crippen LogP contribution < -0.4 is 0 Å². The Kier molecular flexibility index (Phi) is 5.42. The first-order chi connectivity index (χ1) is 13.1. The Hall–Kier alpha value is -2.86. The largest absolute Gasteiger partial charge is 0.507 e. The van der Waals surface area contributed by atoms with Gasteiger partial charge in [-0.2, -0.15) is 13.2 Å². The Labute approximate surface area is 164 Å². The number of carbonyl (C=O) groups excluding carboxylic acids is 1. The van der Waals surface area contributed by atoms with Gasteiger partial charge in [-0.05, 0) is 78.6 Å². The Morgan fingerprint density at radius 3 is 2.18 bits per heavy atom. The highest BCUT2D eigenvalue weighted by atomic mass is 32.1. The van der Waals surface area contributed by atoms with Gasteiger partial charge >= 0.3 is 6.18 Å². The molecule has 0 unspecified atom stereocenters. The van der Waals surface area contributed by atoms with E-state index in [4.69, 9.17) is 0 Å². The molecule has 0 aliphatic rings. The van der Waals surface area contributed by atoms with Crippen molar-refractivity contribution in [1.29, 1.82) is 0 Å². The van der Waals surface area contributed by atoms with Crippen LogP contribution in [0.5, 0.6) is 5.75 Å². The van der Waals surface area contributed by atoms with Crippen molar-refractivity contribution in [3.05, 3.63) is 81.7 Å². The van der Waals surface area contributed by atoms with E-state index < -0.39 is 11.7 Å². The zero-order valence-corrected chi connectivity index (χ0v) is 16.0. The predicted octanol–water partition coefficient (Wildman–Crippen LogP) is 6.65. The molecule has 0 amide bonds. The van der Waals surface area contributed by atoms with E-state index in [2.05, 4.69) is 0 Å². The minimum atomic E-state index is -4.37. The molecule has 0 saturated carbocycles. The molecule has 0 spiro atoms. The molecule has 0 aliphatic heterocycles. The Bertz CT molecular complexity index is 1020. The number of carbonyl (C=O) groups is 1. The quantitative estimate of drug-likeness (QED) is 0.392. The zero-order chi connectivity index (χ0) is 20.5. The van der Waals surface area contributed by atoms with E-state index in [1.54, 1.807) is 44.2 Å². The smallest absolute Gasteiger partial charge is 0.416 e. The van der Waals surface area contributed by atoms with Gasteiger partial charge in [-0.25, -0.2) is 0 Å². The summed E-state index contributed by atoms with van der Waals surface area (Å²) in [4.78, 5) is 13.6. The fraction of sp³-hybridized carbons (Fsp3) is 0.136. The topological polar surface area (TPSA) is 37.3 Å². The summed E-state index contributed by atoms with van der Waals surface area (Å²) < 4.78 is 38.0. The Balaban J connectivity index is 1.77. The first-order valence-electron chi connectivity index (χ1n) is 8.45. The standard InChI is InChI=1S/C22H17F3O2S/c1-13-11-15(12-14(2)21(13)27)3-8-18(26)20-10-9-19(28-20)16-4-6-17(7-5-16)22(23,24)25/h3-12,27H,1-2H3. The SMILES string of the molecule is Cc1cc(C=CC(=O)c2ccc(-c3ccc(C(F)(F)F)cc3)s2)cc(C)c1O.